The Morgan fingerprint density at radius 3 is 2.32 bits per heavy atom. The standard InChI is InChI=1S/C12H23N3O3S/c1-8(2)6-11(7-16)14-19(17,18)12-9(3)13-15(5)10(12)4/h8,11,14,16H,6-7H2,1-5H3. The molecule has 1 rings (SSSR count). The first-order chi connectivity index (χ1) is 8.69. The molecular formula is C12H23N3O3S. The fourth-order valence-electron chi connectivity index (χ4n) is 2.15. The van der Waals surface area contributed by atoms with Gasteiger partial charge in [-0.1, -0.05) is 13.8 Å². The molecule has 0 saturated heterocycles. The molecular weight excluding hydrogens is 266 g/mol. The van der Waals surface area contributed by atoms with E-state index in [-0.39, 0.29) is 11.5 Å². The lowest BCUT2D eigenvalue weighted by molar-refractivity contribution is 0.240. The number of aryl methyl sites for hydroxylation is 2. The highest BCUT2D eigenvalue weighted by Crippen LogP contribution is 2.19. The zero-order chi connectivity index (χ0) is 14.8. The van der Waals surface area contributed by atoms with E-state index in [1.165, 1.54) is 0 Å². The van der Waals surface area contributed by atoms with Crippen LogP contribution in [0, 0.1) is 19.8 Å². The van der Waals surface area contributed by atoms with Crippen LogP contribution in [0.25, 0.3) is 0 Å². The largest absolute Gasteiger partial charge is 0.395 e. The topological polar surface area (TPSA) is 84.2 Å². The zero-order valence-corrected chi connectivity index (χ0v) is 13.0. The number of aliphatic hydroxyl groups is 1. The maximum absolute atomic E-state index is 12.4. The molecule has 0 saturated carbocycles. The number of nitrogens with zero attached hydrogens (tertiary/aromatic N) is 2. The van der Waals surface area contributed by atoms with E-state index in [1.54, 1.807) is 25.6 Å². The molecule has 0 aromatic carbocycles. The molecule has 0 spiro atoms. The molecule has 1 aromatic heterocycles. The van der Waals surface area contributed by atoms with Gasteiger partial charge in [0.25, 0.3) is 0 Å². The Labute approximate surface area is 114 Å². The lowest BCUT2D eigenvalue weighted by Gasteiger charge is -2.18. The first kappa shape index (κ1) is 16.1. The molecule has 0 aliphatic heterocycles. The fourth-order valence-corrected chi connectivity index (χ4v) is 3.83. The molecule has 1 aromatic rings. The minimum Gasteiger partial charge on any atom is -0.395 e. The van der Waals surface area contributed by atoms with Crippen LogP contribution in [-0.2, 0) is 17.1 Å². The zero-order valence-electron chi connectivity index (χ0n) is 12.1. The van der Waals surface area contributed by atoms with E-state index in [2.05, 4.69) is 9.82 Å². The number of aromatic nitrogens is 2. The van der Waals surface area contributed by atoms with Gasteiger partial charge in [0.1, 0.15) is 4.90 Å². The summed E-state index contributed by atoms with van der Waals surface area (Å²) in [6, 6.07) is -0.469. The van der Waals surface area contributed by atoms with E-state index in [1.807, 2.05) is 13.8 Å². The second kappa shape index (κ2) is 6.02. The van der Waals surface area contributed by atoms with Crippen molar-refractivity contribution in [1.82, 2.24) is 14.5 Å². The predicted molar refractivity (Wildman–Crippen MR) is 73.3 cm³/mol. The van der Waals surface area contributed by atoms with Gasteiger partial charge in [-0.25, -0.2) is 13.1 Å². The van der Waals surface area contributed by atoms with Gasteiger partial charge in [0, 0.05) is 13.1 Å². The molecule has 7 heteroatoms. The lowest BCUT2D eigenvalue weighted by atomic mass is 10.1. The number of nitrogens with one attached hydrogen (secondary N) is 1. The minimum absolute atomic E-state index is 0.206. The summed E-state index contributed by atoms with van der Waals surface area (Å²) in [7, 11) is -1.94. The van der Waals surface area contributed by atoms with Crippen molar-refractivity contribution in [2.24, 2.45) is 13.0 Å². The maximum atomic E-state index is 12.4. The van der Waals surface area contributed by atoms with E-state index in [9.17, 15) is 13.5 Å². The normalized spacial score (nSPS) is 14.1. The van der Waals surface area contributed by atoms with Crippen molar-refractivity contribution in [2.45, 2.75) is 45.1 Å². The average molecular weight is 289 g/mol. The van der Waals surface area contributed by atoms with Crippen LogP contribution in [0.5, 0.6) is 0 Å². The second-order valence-electron chi connectivity index (χ2n) is 5.25. The number of hydrogen-bond acceptors (Lipinski definition) is 4. The summed E-state index contributed by atoms with van der Waals surface area (Å²) in [6.07, 6.45) is 0.591. The van der Waals surface area contributed by atoms with Crippen LogP contribution in [0.1, 0.15) is 31.7 Å². The van der Waals surface area contributed by atoms with Crippen LogP contribution in [0.15, 0.2) is 4.90 Å². The Hall–Kier alpha value is -0.920. The molecule has 0 bridgehead atoms. The van der Waals surface area contributed by atoms with Gasteiger partial charge in [0.15, 0.2) is 0 Å². The SMILES string of the molecule is Cc1nn(C)c(C)c1S(=O)(=O)NC(CO)CC(C)C. The minimum atomic E-state index is -3.65. The Balaban J connectivity index is 3.04. The number of sulfonamides is 1. The molecule has 0 aliphatic rings. The van der Waals surface area contributed by atoms with Crippen LogP contribution >= 0.6 is 0 Å². The molecule has 0 radical (unpaired) electrons. The number of hydrogen-bond donors (Lipinski definition) is 2. The molecule has 110 valence electrons. The fraction of sp³-hybridized carbons (Fsp3) is 0.750. The van der Waals surface area contributed by atoms with Crippen molar-refractivity contribution in [1.29, 1.82) is 0 Å². The van der Waals surface area contributed by atoms with E-state index >= 15 is 0 Å². The Kier molecular flexibility index (Phi) is 5.11. The quantitative estimate of drug-likeness (QED) is 0.808. The molecule has 1 unspecified atom stereocenters. The Bertz CT molecular complexity index is 535. The van der Waals surface area contributed by atoms with Gasteiger partial charge in [-0.15, -0.1) is 0 Å². The third-order valence-corrected chi connectivity index (χ3v) is 4.78. The Morgan fingerprint density at radius 2 is 1.95 bits per heavy atom. The monoisotopic (exact) mass is 289 g/mol. The summed E-state index contributed by atoms with van der Waals surface area (Å²) in [5.41, 5.74) is 1.06. The van der Waals surface area contributed by atoms with Gasteiger partial charge in [-0.05, 0) is 26.2 Å². The van der Waals surface area contributed by atoms with E-state index < -0.39 is 16.1 Å². The Morgan fingerprint density at radius 1 is 1.37 bits per heavy atom. The van der Waals surface area contributed by atoms with Crippen LogP contribution in [-0.4, -0.2) is 36.0 Å². The van der Waals surface area contributed by atoms with Gasteiger partial charge < -0.3 is 5.11 Å². The average Bonchev–Trinajstić information content (AvgIpc) is 2.51. The second-order valence-corrected chi connectivity index (χ2v) is 6.90. The molecule has 19 heavy (non-hydrogen) atoms. The highest BCUT2D eigenvalue weighted by molar-refractivity contribution is 7.89. The van der Waals surface area contributed by atoms with Crippen molar-refractivity contribution < 1.29 is 13.5 Å². The lowest BCUT2D eigenvalue weighted by Crippen LogP contribution is -2.38. The molecule has 0 fully saturated rings. The molecule has 2 N–H and O–H groups in total. The van der Waals surface area contributed by atoms with Crippen LogP contribution in [0.3, 0.4) is 0 Å². The highest BCUT2D eigenvalue weighted by Gasteiger charge is 2.26. The molecule has 1 heterocycles. The van der Waals surface area contributed by atoms with Crippen molar-refractivity contribution in [3.63, 3.8) is 0 Å². The van der Waals surface area contributed by atoms with Crippen LogP contribution < -0.4 is 4.72 Å². The third kappa shape index (κ3) is 3.77. The van der Waals surface area contributed by atoms with E-state index in [0.717, 1.165) is 0 Å². The maximum Gasteiger partial charge on any atom is 0.244 e. The van der Waals surface area contributed by atoms with Gasteiger partial charge in [0.2, 0.25) is 10.0 Å². The van der Waals surface area contributed by atoms with Crippen LogP contribution in [0.4, 0.5) is 0 Å². The van der Waals surface area contributed by atoms with Crippen molar-refractivity contribution in [3.05, 3.63) is 11.4 Å². The number of aliphatic hydroxyl groups excluding tert-OH is 1. The summed E-state index contributed by atoms with van der Waals surface area (Å²) in [5.74, 6) is 0.302. The smallest absolute Gasteiger partial charge is 0.244 e. The van der Waals surface area contributed by atoms with Crippen molar-refractivity contribution in [2.75, 3.05) is 6.61 Å². The first-order valence-corrected chi connectivity index (χ1v) is 7.80. The third-order valence-electron chi connectivity index (χ3n) is 3.01. The first-order valence-electron chi connectivity index (χ1n) is 6.32. The highest BCUT2D eigenvalue weighted by atomic mass is 32.2. The van der Waals surface area contributed by atoms with Crippen LogP contribution in [0.2, 0.25) is 0 Å². The van der Waals surface area contributed by atoms with Gasteiger partial charge in [-0.3, -0.25) is 4.68 Å². The summed E-state index contributed by atoms with van der Waals surface area (Å²) < 4.78 is 28.8. The summed E-state index contributed by atoms with van der Waals surface area (Å²) in [5, 5.41) is 13.4. The summed E-state index contributed by atoms with van der Waals surface area (Å²) in [4.78, 5) is 0.206. The predicted octanol–water partition coefficient (Wildman–Crippen LogP) is 0.722. The van der Waals surface area contributed by atoms with Crippen molar-refractivity contribution in [3.8, 4) is 0 Å². The number of rotatable bonds is 6. The molecule has 1 atom stereocenters. The van der Waals surface area contributed by atoms with E-state index in [0.29, 0.717) is 23.7 Å². The molecule has 0 amide bonds. The summed E-state index contributed by atoms with van der Waals surface area (Å²) >= 11 is 0. The van der Waals surface area contributed by atoms with Crippen molar-refractivity contribution >= 4 is 10.0 Å². The van der Waals surface area contributed by atoms with Gasteiger partial charge in [0.05, 0.1) is 18.0 Å². The van der Waals surface area contributed by atoms with Gasteiger partial charge >= 0.3 is 0 Å². The molecule has 0 aliphatic carbocycles. The molecule has 6 nitrogen and oxygen atoms in total. The summed E-state index contributed by atoms with van der Waals surface area (Å²) in [6.45, 7) is 7.13. The van der Waals surface area contributed by atoms with Gasteiger partial charge in [-0.2, -0.15) is 5.10 Å². The van der Waals surface area contributed by atoms with E-state index in [4.69, 9.17) is 0 Å².